The standard InChI is InChI=1S/C18H22N2/c1-2-6-16-13(4-1)10-19-12-18(16)17-7-3-5-14(17)11-20-15-8-9-15/h1-2,4,6,10,12,14-15,17,20H,3,5,7-9,11H2. The molecule has 1 aromatic heterocycles. The number of hydrogen-bond donors (Lipinski definition) is 1. The molecule has 0 aliphatic heterocycles. The second-order valence-electron chi connectivity index (χ2n) is 6.43. The van der Waals surface area contributed by atoms with Crippen LogP contribution >= 0.6 is 0 Å². The summed E-state index contributed by atoms with van der Waals surface area (Å²) in [6.07, 6.45) is 10.9. The van der Waals surface area contributed by atoms with Crippen LogP contribution in [0.15, 0.2) is 36.7 Å². The van der Waals surface area contributed by atoms with Crippen molar-refractivity contribution in [1.29, 1.82) is 0 Å². The molecule has 2 saturated carbocycles. The van der Waals surface area contributed by atoms with Gasteiger partial charge in [0.25, 0.3) is 0 Å². The highest BCUT2D eigenvalue weighted by Crippen LogP contribution is 2.41. The van der Waals surface area contributed by atoms with Gasteiger partial charge < -0.3 is 5.32 Å². The Hall–Kier alpha value is -1.41. The lowest BCUT2D eigenvalue weighted by Crippen LogP contribution is -2.26. The Morgan fingerprint density at radius 2 is 1.95 bits per heavy atom. The molecule has 4 rings (SSSR count). The van der Waals surface area contributed by atoms with Crippen molar-refractivity contribution >= 4 is 10.8 Å². The lowest BCUT2D eigenvalue weighted by Gasteiger charge is -2.21. The van der Waals surface area contributed by atoms with E-state index in [0.717, 1.165) is 12.0 Å². The number of nitrogens with zero attached hydrogens (tertiary/aromatic N) is 1. The predicted octanol–water partition coefficient (Wildman–Crippen LogP) is 3.87. The average Bonchev–Trinajstić information content (AvgIpc) is 3.21. The fraction of sp³-hybridized carbons (Fsp3) is 0.500. The van der Waals surface area contributed by atoms with Crippen molar-refractivity contribution in [3.05, 3.63) is 42.2 Å². The van der Waals surface area contributed by atoms with Crippen LogP contribution in [0.3, 0.4) is 0 Å². The molecule has 2 heteroatoms. The van der Waals surface area contributed by atoms with Crippen molar-refractivity contribution in [2.24, 2.45) is 5.92 Å². The Morgan fingerprint density at radius 1 is 1.05 bits per heavy atom. The van der Waals surface area contributed by atoms with Gasteiger partial charge >= 0.3 is 0 Å². The van der Waals surface area contributed by atoms with Crippen molar-refractivity contribution in [2.75, 3.05) is 6.54 Å². The fourth-order valence-corrected chi connectivity index (χ4v) is 3.73. The van der Waals surface area contributed by atoms with Gasteiger partial charge in [-0.25, -0.2) is 0 Å². The minimum Gasteiger partial charge on any atom is -0.314 e. The number of fused-ring (bicyclic) bond motifs is 1. The van der Waals surface area contributed by atoms with Gasteiger partial charge in [0.05, 0.1) is 0 Å². The molecule has 1 N–H and O–H groups in total. The second kappa shape index (κ2) is 5.17. The molecule has 1 aromatic carbocycles. The maximum Gasteiger partial charge on any atom is 0.0346 e. The number of pyridine rings is 1. The molecule has 2 aromatic rings. The summed E-state index contributed by atoms with van der Waals surface area (Å²) in [4.78, 5) is 4.48. The van der Waals surface area contributed by atoms with Crippen LogP contribution in [-0.2, 0) is 0 Å². The van der Waals surface area contributed by atoms with Crippen molar-refractivity contribution in [2.45, 2.75) is 44.1 Å². The van der Waals surface area contributed by atoms with Crippen LogP contribution in [0, 0.1) is 5.92 Å². The van der Waals surface area contributed by atoms with E-state index in [1.54, 1.807) is 0 Å². The summed E-state index contributed by atoms with van der Waals surface area (Å²) in [5, 5.41) is 6.42. The van der Waals surface area contributed by atoms with Gasteiger partial charge in [0.1, 0.15) is 0 Å². The average molecular weight is 266 g/mol. The molecule has 2 fully saturated rings. The summed E-state index contributed by atoms with van der Waals surface area (Å²) >= 11 is 0. The maximum atomic E-state index is 4.48. The zero-order valence-electron chi connectivity index (χ0n) is 11.9. The Balaban J connectivity index is 1.63. The first-order chi connectivity index (χ1) is 9.92. The third-order valence-electron chi connectivity index (χ3n) is 5.00. The molecule has 0 amide bonds. The molecule has 0 bridgehead atoms. The molecule has 1 heterocycles. The summed E-state index contributed by atoms with van der Waals surface area (Å²) in [5.74, 6) is 1.49. The predicted molar refractivity (Wildman–Crippen MR) is 82.8 cm³/mol. The van der Waals surface area contributed by atoms with Crippen LogP contribution in [0.2, 0.25) is 0 Å². The van der Waals surface area contributed by atoms with Crippen LogP contribution in [0.5, 0.6) is 0 Å². The number of hydrogen-bond acceptors (Lipinski definition) is 2. The zero-order chi connectivity index (χ0) is 13.4. The van der Waals surface area contributed by atoms with E-state index < -0.39 is 0 Å². The van der Waals surface area contributed by atoms with E-state index in [4.69, 9.17) is 0 Å². The van der Waals surface area contributed by atoms with Gasteiger partial charge in [-0.2, -0.15) is 0 Å². The summed E-state index contributed by atoms with van der Waals surface area (Å²) in [7, 11) is 0. The molecule has 2 atom stereocenters. The van der Waals surface area contributed by atoms with Crippen LogP contribution in [0.4, 0.5) is 0 Å². The molecule has 20 heavy (non-hydrogen) atoms. The third-order valence-corrected chi connectivity index (χ3v) is 5.00. The third kappa shape index (κ3) is 2.33. The van der Waals surface area contributed by atoms with E-state index >= 15 is 0 Å². The SMILES string of the molecule is c1ccc2c(C3CCCC3CNC3CC3)cncc2c1. The highest BCUT2D eigenvalue weighted by atomic mass is 14.9. The summed E-state index contributed by atoms with van der Waals surface area (Å²) < 4.78 is 0. The van der Waals surface area contributed by atoms with E-state index in [0.29, 0.717) is 5.92 Å². The monoisotopic (exact) mass is 266 g/mol. The van der Waals surface area contributed by atoms with E-state index in [9.17, 15) is 0 Å². The molecule has 2 aliphatic rings. The first-order valence-electron chi connectivity index (χ1n) is 7.98. The lowest BCUT2D eigenvalue weighted by atomic mass is 9.87. The van der Waals surface area contributed by atoms with E-state index in [-0.39, 0.29) is 0 Å². The minimum atomic E-state index is 0.694. The van der Waals surface area contributed by atoms with Crippen molar-refractivity contribution < 1.29 is 0 Å². The van der Waals surface area contributed by atoms with Crippen LogP contribution < -0.4 is 5.32 Å². The summed E-state index contributed by atoms with van der Waals surface area (Å²) in [6.45, 7) is 1.19. The number of benzene rings is 1. The molecule has 0 saturated heterocycles. The quantitative estimate of drug-likeness (QED) is 0.908. The van der Waals surface area contributed by atoms with Gasteiger partial charge in [-0.05, 0) is 55.0 Å². The normalized spacial score (nSPS) is 26.2. The highest BCUT2D eigenvalue weighted by Gasteiger charge is 2.31. The van der Waals surface area contributed by atoms with Crippen LogP contribution in [0.1, 0.15) is 43.6 Å². The largest absolute Gasteiger partial charge is 0.314 e. The van der Waals surface area contributed by atoms with Gasteiger partial charge in [-0.1, -0.05) is 30.7 Å². The van der Waals surface area contributed by atoms with Gasteiger partial charge in [0.2, 0.25) is 0 Å². The molecule has 104 valence electrons. The fourth-order valence-electron chi connectivity index (χ4n) is 3.73. The first kappa shape index (κ1) is 12.3. The Morgan fingerprint density at radius 3 is 2.85 bits per heavy atom. The van der Waals surface area contributed by atoms with Gasteiger partial charge in [0.15, 0.2) is 0 Å². The summed E-state index contributed by atoms with van der Waals surface area (Å²) in [6, 6.07) is 9.52. The molecular weight excluding hydrogens is 244 g/mol. The Kier molecular flexibility index (Phi) is 3.19. The minimum absolute atomic E-state index is 0.694. The highest BCUT2D eigenvalue weighted by molar-refractivity contribution is 5.85. The van der Waals surface area contributed by atoms with Gasteiger partial charge in [-0.15, -0.1) is 0 Å². The second-order valence-corrected chi connectivity index (χ2v) is 6.43. The number of aromatic nitrogens is 1. The van der Waals surface area contributed by atoms with Crippen LogP contribution in [-0.4, -0.2) is 17.6 Å². The van der Waals surface area contributed by atoms with E-state index in [1.807, 2.05) is 6.20 Å². The van der Waals surface area contributed by atoms with Crippen molar-refractivity contribution in [3.8, 4) is 0 Å². The molecule has 2 unspecified atom stereocenters. The van der Waals surface area contributed by atoms with Gasteiger partial charge in [0, 0.05) is 23.8 Å². The topological polar surface area (TPSA) is 24.9 Å². The summed E-state index contributed by atoms with van der Waals surface area (Å²) in [5.41, 5.74) is 1.48. The van der Waals surface area contributed by atoms with E-state index in [2.05, 4.69) is 40.8 Å². The molecule has 2 aliphatic carbocycles. The van der Waals surface area contributed by atoms with Gasteiger partial charge in [-0.3, -0.25) is 4.98 Å². The van der Waals surface area contributed by atoms with Crippen molar-refractivity contribution in [3.63, 3.8) is 0 Å². The lowest BCUT2D eigenvalue weighted by molar-refractivity contribution is 0.444. The maximum absolute atomic E-state index is 4.48. The Bertz CT molecular complexity index is 598. The smallest absolute Gasteiger partial charge is 0.0346 e. The zero-order valence-corrected chi connectivity index (χ0v) is 11.9. The number of nitrogens with one attached hydrogen (secondary N) is 1. The van der Waals surface area contributed by atoms with Crippen LogP contribution in [0.25, 0.3) is 10.8 Å². The Labute approximate surface area is 120 Å². The molecule has 0 spiro atoms. The number of rotatable bonds is 4. The molecule has 2 nitrogen and oxygen atoms in total. The molecule has 0 radical (unpaired) electrons. The molecular formula is C18H22N2. The van der Waals surface area contributed by atoms with E-state index in [1.165, 1.54) is 55.0 Å². The van der Waals surface area contributed by atoms with Crippen molar-refractivity contribution in [1.82, 2.24) is 10.3 Å². The first-order valence-corrected chi connectivity index (χ1v) is 7.98.